The Bertz CT molecular complexity index is 893. The van der Waals surface area contributed by atoms with Crippen molar-refractivity contribution in [2.45, 2.75) is 51.0 Å². The van der Waals surface area contributed by atoms with E-state index in [-0.39, 0.29) is 16.7 Å². The molecule has 0 saturated heterocycles. The molecule has 0 fully saturated rings. The zero-order valence-electron chi connectivity index (χ0n) is 17.3. The number of sulfonamides is 1. The summed E-state index contributed by atoms with van der Waals surface area (Å²) >= 11 is 1.65. The minimum atomic E-state index is -3.82. The van der Waals surface area contributed by atoms with Crippen LogP contribution in [0.2, 0.25) is 0 Å². The number of methoxy groups -OCH3 is 1. The highest BCUT2D eigenvalue weighted by Crippen LogP contribution is 2.17. The van der Waals surface area contributed by atoms with Crippen molar-refractivity contribution in [1.29, 1.82) is 0 Å². The number of thiazole rings is 1. The number of rotatable bonds is 11. The number of carbonyl (C=O) groups excluding carboxylic acids is 1. The van der Waals surface area contributed by atoms with Gasteiger partial charge in [0, 0.05) is 17.6 Å². The number of aryl methyl sites for hydroxylation is 2. The van der Waals surface area contributed by atoms with Crippen LogP contribution in [0.5, 0.6) is 5.75 Å². The number of hydrogen-bond donors (Lipinski definition) is 2. The average molecular weight is 440 g/mol. The van der Waals surface area contributed by atoms with Crippen molar-refractivity contribution in [3.8, 4) is 5.75 Å². The van der Waals surface area contributed by atoms with Crippen LogP contribution in [0.1, 0.15) is 37.4 Å². The number of carbonyl (C=O) groups is 1. The first-order valence-electron chi connectivity index (χ1n) is 9.58. The van der Waals surface area contributed by atoms with Crippen molar-refractivity contribution < 1.29 is 17.9 Å². The zero-order chi connectivity index (χ0) is 21.4. The van der Waals surface area contributed by atoms with Crippen molar-refractivity contribution in [2.24, 2.45) is 5.92 Å². The molecule has 9 heteroatoms. The smallest absolute Gasteiger partial charge is 0.241 e. The van der Waals surface area contributed by atoms with Crippen LogP contribution >= 0.6 is 11.3 Å². The van der Waals surface area contributed by atoms with Crippen LogP contribution in [0.4, 0.5) is 0 Å². The van der Waals surface area contributed by atoms with Crippen LogP contribution in [0.3, 0.4) is 0 Å². The minimum absolute atomic E-state index is 0.0930. The highest BCUT2D eigenvalue weighted by Gasteiger charge is 2.28. The Morgan fingerprint density at radius 2 is 1.90 bits per heavy atom. The summed E-state index contributed by atoms with van der Waals surface area (Å²) in [6, 6.07) is 5.21. The van der Waals surface area contributed by atoms with Gasteiger partial charge in [0.25, 0.3) is 0 Å². The van der Waals surface area contributed by atoms with Crippen LogP contribution in [-0.4, -0.2) is 39.0 Å². The van der Waals surface area contributed by atoms with Crippen molar-refractivity contribution >= 4 is 27.3 Å². The summed E-state index contributed by atoms with van der Waals surface area (Å²) < 4.78 is 32.9. The molecule has 2 rings (SSSR count). The maximum atomic E-state index is 12.6. The third kappa shape index (κ3) is 7.09. The molecule has 0 saturated carbocycles. The van der Waals surface area contributed by atoms with Gasteiger partial charge in [0.1, 0.15) is 11.8 Å². The molecule has 0 spiro atoms. The number of ether oxygens (including phenoxy) is 1. The Morgan fingerprint density at radius 3 is 2.45 bits per heavy atom. The van der Waals surface area contributed by atoms with Gasteiger partial charge in [-0.25, -0.2) is 13.4 Å². The molecule has 1 aromatic carbocycles. The lowest BCUT2D eigenvalue weighted by Gasteiger charge is -2.21. The van der Waals surface area contributed by atoms with Gasteiger partial charge in [-0.05, 0) is 56.4 Å². The molecule has 1 aromatic heterocycles. The van der Waals surface area contributed by atoms with E-state index in [1.165, 1.54) is 19.2 Å². The van der Waals surface area contributed by atoms with E-state index < -0.39 is 16.1 Å². The second-order valence-corrected chi connectivity index (χ2v) is 9.81. The number of nitrogens with zero attached hydrogens (tertiary/aromatic N) is 1. The first kappa shape index (κ1) is 23.3. The summed E-state index contributed by atoms with van der Waals surface area (Å²) in [5.41, 5.74) is 1.03. The maximum absolute atomic E-state index is 12.6. The first-order chi connectivity index (χ1) is 13.7. The summed E-state index contributed by atoms with van der Waals surface area (Å²) in [5.74, 6) is 0.0542. The quantitative estimate of drug-likeness (QED) is 0.525. The molecule has 1 amide bonds. The molecule has 7 nitrogen and oxygen atoms in total. The fourth-order valence-electron chi connectivity index (χ4n) is 2.72. The van der Waals surface area contributed by atoms with E-state index in [9.17, 15) is 13.2 Å². The second kappa shape index (κ2) is 10.7. The molecule has 0 unspecified atom stereocenters. The largest absolute Gasteiger partial charge is 0.497 e. The van der Waals surface area contributed by atoms with Crippen LogP contribution in [-0.2, 0) is 21.2 Å². The third-order valence-corrected chi connectivity index (χ3v) is 6.87. The summed E-state index contributed by atoms with van der Waals surface area (Å²) in [6.45, 7) is 6.09. The Labute approximate surface area is 176 Å². The Kier molecular flexibility index (Phi) is 8.60. The fourth-order valence-corrected chi connectivity index (χ4v) is 4.88. The van der Waals surface area contributed by atoms with Gasteiger partial charge >= 0.3 is 0 Å². The monoisotopic (exact) mass is 439 g/mol. The van der Waals surface area contributed by atoms with Gasteiger partial charge in [-0.1, -0.05) is 13.8 Å². The normalized spacial score (nSPS) is 12.7. The highest BCUT2D eigenvalue weighted by molar-refractivity contribution is 7.89. The molecule has 2 aromatic rings. The number of benzene rings is 1. The standard InChI is InChI=1S/C20H29N3O4S2/c1-14(2)19(23-29(25,26)17-10-8-16(27-4)9-11-17)20(24)21-12-6-5-7-18-22-15(3)13-28-18/h8-11,13-14,19,23H,5-7,12H2,1-4H3,(H,21,24)/t19-/m0/s1. The maximum Gasteiger partial charge on any atom is 0.241 e. The summed E-state index contributed by atoms with van der Waals surface area (Å²) in [5, 5.41) is 5.97. The predicted octanol–water partition coefficient (Wildman–Crippen LogP) is 2.90. The summed E-state index contributed by atoms with van der Waals surface area (Å²) in [6.07, 6.45) is 2.60. The van der Waals surface area contributed by atoms with Crippen molar-refractivity contribution in [2.75, 3.05) is 13.7 Å². The van der Waals surface area contributed by atoms with Crippen LogP contribution < -0.4 is 14.8 Å². The van der Waals surface area contributed by atoms with E-state index in [4.69, 9.17) is 4.74 Å². The summed E-state index contributed by atoms with van der Waals surface area (Å²) in [4.78, 5) is 17.1. The van der Waals surface area contributed by atoms with E-state index in [1.807, 2.05) is 26.2 Å². The van der Waals surface area contributed by atoms with Gasteiger partial charge < -0.3 is 10.1 Å². The van der Waals surface area contributed by atoms with Crippen LogP contribution in [0.15, 0.2) is 34.5 Å². The molecule has 0 radical (unpaired) electrons. The Hall–Kier alpha value is -1.97. The third-order valence-electron chi connectivity index (χ3n) is 4.38. The number of aromatic nitrogens is 1. The van der Waals surface area contributed by atoms with E-state index in [0.717, 1.165) is 30.0 Å². The lowest BCUT2D eigenvalue weighted by atomic mass is 10.1. The Morgan fingerprint density at radius 1 is 1.21 bits per heavy atom. The molecule has 0 aliphatic heterocycles. The van der Waals surface area contributed by atoms with Crippen LogP contribution in [0, 0.1) is 12.8 Å². The molecular weight excluding hydrogens is 410 g/mol. The number of amides is 1. The zero-order valence-corrected chi connectivity index (χ0v) is 18.9. The van der Waals surface area contributed by atoms with Gasteiger partial charge in [-0.15, -0.1) is 11.3 Å². The fraction of sp³-hybridized carbons (Fsp3) is 0.500. The molecule has 160 valence electrons. The molecular formula is C20H29N3O4S2. The van der Waals surface area contributed by atoms with Gasteiger partial charge in [0.15, 0.2) is 0 Å². The van der Waals surface area contributed by atoms with Crippen molar-refractivity contribution in [1.82, 2.24) is 15.0 Å². The van der Waals surface area contributed by atoms with E-state index in [1.54, 1.807) is 23.5 Å². The molecule has 29 heavy (non-hydrogen) atoms. The van der Waals surface area contributed by atoms with Gasteiger partial charge in [-0.3, -0.25) is 4.79 Å². The van der Waals surface area contributed by atoms with Gasteiger partial charge in [-0.2, -0.15) is 4.72 Å². The number of hydrogen-bond acceptors (Lipinski definition) is 6. The molecule has 0 aliphatic rings. The molecule has 0 aliphatic carbocycles. The van der Waals surface area contributed by atoms with E-state index in [2.05, 4.69) is 15.0 Å². The molecule has 1 atom stereocenters. The first-order valence-corrected chi connectivity index (χ1v) is 11.9. The lowest BCUT2D eigenvalue weighted by molar-refractivity contribution is -0.123. The SMILES string of the molecule is COc1ccc(S(=O)(=O)N[C@H](C(=O)NCCCCc2nc(C)cs2)C(C)C)cc1. The second-order valence-electron chi connectivity index (χ2n) is 7.15. The lowest BCUT2D eigenvalue weighted by Crippen LogP contribution is -2.49. The van der Waals surface area contributed by atoms with E-state index >= 15 is 0 Å². The predicted molar refractivity (Wildman–Crippen MR) is 115 cm³/mol. The number of unbranched alkanes of at least 4 members (excludes halogenated alkanes) is 1. The van der Waals surface area contributed by atoms with Gasteiger partial charge in [0.05, 0.1) is 17.0 Å². The highest BCUT2D eigenvalue weighted by atomic mass is 32.2. The molecule has 1 heterocycles. The molecule has 2 N–H and O–H groups in total. The minimum Gasteiger partial charge on any atom is -0.497 e. The van der Waals surface area contributed by atoms with Crippen LogP contribution in [0.25, 0.3) is 0 Å². The number of nitrogens with one attached hydrogen (secondary N) is 2. The molecule has 0 bridgehead atoms. The van der Waals surface area contributed by atoms with Crippen molar-refractivity contribution in [3.63, 3.8) is 0 Å². The Balaban J connectivity index is 1.87. The summed E-state index contributed by atoms with van der Waals surface area (Å²) in [7, 11) is -2.30. The van der Waals surface area contributed by atoms with E-state index in [0.29, 0.717) is 12.3 Å². The average Bonchev–Trinajstić information content (AvgIpc) is 3.10. The van der Waals surface area contributed by atoms with Gasteiger partial charge in [0.2, 0.25) is 15.9 Å². The van der Waals surface area contributed by atoms with Crippen molar-refractivity contribution in [3.05, 3.63) is 40.3 Å². The topological polar surface area (TPSA) is 97.4 Å².